The molecule has 236 valence electrons. The highest BCUT2D eigenvalue weighted by Gasteiger charge is 2.25. The summed E-state index contributed by atoms with van der Waals surface area (Å²) in [6.45, 7) is 17.0. The lowest BCUT2D eigenvalue weighted by atomic mass is 10.2. The lowest BCUT2D eigenvalue weighted by Gasteiger charge is -2.20. The van der Waals surface area contributed by atoms with Gasteiger partial charge < -0.3 is 20.6 Å². The smallest absolute Gasteiger partial charge is 0.347 e. The average molecular weight is 612 g/mol. The van der Waals surface area contributed by atoms with Gasteiger partial charge in [0.1, 0.15) is 0 Å². The topological polar surface area (TPSA) is 132 Å². The van der Waals surface area contributed by atoms with Crippen molar-refractivity contribution in [1.29, 1.82) is 5.26 Å². The molecule has 0 radical (unpaired) electrons. The molecule has 10 heteroatoms. The van der Waals surface area contributed by atoms with Crippen LogP contribution in [0.15, 0.2) is 82.5 Å². The number of likely N-dealkylation sites (N-methyl/N-ethyl adjacent to an activating group) is 1. The predicted molar refractivity (Wildman–Crippen MR) is 174 cm³/mol. The fraction of sp³-hybridized carbons (Fsp3) is 0.485. The van der Waals surface area contributed by atoms with Crippen LogP contribution in [0.4, 0.5) is 0 Å². The number of sulfone groups is 1. The van der Waals surface area contributed by atoms with Gasteiger partial charge in [0.25, 0.3) is 5.70 Å². The average Bonchev–Trinajstić information content (AvgIpc) is 3.01. The van der Waals surface area contributed by atoms with Crippen LogP contribution in [0.2, 0.25) is 0 Å². The van der Waals surface area contributed by atoms with Crippen LogP contribution in [-0.4, -0.2) is 62.0 Å². The lowest BCUT2D eigenvalue weighted by molar-refractivity contribution is -0.131. The fourth-order valence-electron chi connectivity index (χ4n) is 3.86. The second kappa shape index (κ2) is 24.7. The van der Waals surface area contributed by atoms with Crippen molar-refractivity contribution in [3.63, 3.8) is 0 Å². The second-order valence-corrected chi connectivity index (χ2v) is 11.6. The van der Waals surface area contributed by atoms with Crippen LogP contribution in [0, 0.1) is 17.9 Å². The molecule has 0 heterocycles. The number of benzene rings is 1. The molecular weight excluding hydrogens is 562 g/mol. The minimum absolute atomic E-state index is 0.0157. The number of carboxylic acids is 1. The van der Waals surface area contributed by atoms with Gasteiger partial charge in [-0.25, -0.2) is 23.3 Å². The van der Waals surface area contributed by atoms with Gasteiger partial charge in [-0.2, -0.15) is 0 Å². The summed E-state index contributed by atoms with van der Waals surface area (Å²) in [7, 11) is -4.06. The van der Waals surface area contributed by atoms with E-state index in [4.69, 9.17) is 17.6 Å². The van der Waals surface area contributed by atoms with Crippen LogP contribution >= 0.6 is 0 Å². The SMILES string of the molecule is CCCCCCN(/C=C/C=C(/C(=O)O)S(=O)(=O)c1ccccc1)CCCCCC.[C-]#[N+]/C(C#N)=C/C=C/N(CC)CCN. The third-order valence-electron chi connectivity index (χ3n) is 6.30. The molecule has 0 spiro atoms. The molecule has 0 saturated heterocycles. The monoisotopic (exact) mass is 611 g/mol. The molecule has 0 bridgehead atoms. The van der Waals surface area contributed by atoms with E-state index in [-0.39, 0.29) is 10.6 Å². The van der Waals surface area contributed by atoms with E-state index >= 15 is 0 Å². The molecule has 0 saturated carbocycles. The Labute approximate surface area is 259 Å². The zero-order valence-corrected chi connectivity index (χ0v) is 26.8. The number of aliphatic carboxylic acids is 1. The van der Waals surface area contributed by atoms with Crippen LogP contribution in [0.1, 0.15) is 72.1 Å². The van der Waals surface area contributed by atoms with E-state index < -0.39 is 20.7 Å². The Balaban J connectivity index is 0.00000106. The molecule has 0 fully saturated rings. The Hall–Kier alpha value is -3.86. The second-order valence-electron chi connectivity index (χ2n) is 9.69. The highest BCUT2D eigenvalue weighted by molar-refractivity contribution is 7.96. The van der Waals surface area contributed by atoms with Gasteiger partial charge in [-0.3, -0.25) is 0 Å². The van der Waals surface area contributed by atoms with Crippen molar-refractivity contribution in [3.05, 3.63) is 89.1 Å². The summed E-state index contributed by atoms with van der Waals surface area (Å²) in [5.41, 5.74) is 5.49. The van der Waals surface area contributed by atoms with Crippen molar-refractivity contribution in [2.24, 2.45) is 5.73 Å². The standard InChI is InChI=1S/C23H35NO4S.C10H14N4/c1-3-5-7-12-18-24(19-13-8-6-4-2)20-14-17-22(23(25)26)29(27,28)21-15-10-9-11-16-21;1-3-14(8-6-11)7-4-5-10(9-12)13-2/h9-11,14-17,20H,3-8,12-13,18-19H2,1-2H3,(H,25,26);4-5,7H,3,6,8,11H2,1H3/b20-14+,22-17-;7-4+,10-5+. The van der Waals surface area contributed by atoms with Crippen molar-refractivity contribution in [1.82, 2.24) is 9.80 Å². The third-order valence-corrected chi connectivity index (χ3v) is 8.09. The van der Waals surface area contributed by atoms with Gasteiger partial charge in [0.2, 0.25) is 9.84 Å². The Bertz CT molecular complexity index is 1200. The summed E-state index contributed by atoms with van der Waals surface area (Å²) in [6.07, 6.45) is 18.8. The quantitative estimate of drug-likeness (QED) is 0.0561. The Morgan fingerprint density at radius 2 is 1.49 bits per heavy atom. The van der Waals surface area contributed by atoms with Crippen LogP contribution in [0.3, 0.4) is 0 Å². The van der Waals surface area contributed by atoms with E-state index in [1.807, 2.05) is 24.2 Å². The summed E-state index contributed by atoms with van der Waals surface area (Å²) in [5, 5.41) is 17.9. The Morgan fingerprint density at radius 1 is 0.930 bits per heavy atom. The van der Waals surface area contributed by atoms with E-state index in [9.17, 15) is 18.3 Å². The summed E-state index contributed by atoms with van der Waals surface area (Å²) >= 11 is 0. The Kier molecular flexibility index (Phi) is 22.5. The number of carboxylic acid groups (broad SMARTS) is 1. The van der Waals surface area contributed by atoms with Gasteiger partial charge in [-0.1, -0.05) is 76.6 Å². The number of nitrogens with zero attached hydrogens (tertiary/aromatic N) is 4. The third kappa shape index (κ3) is 17.6. The first-order valence-electron chi connectivity index (χ1n) is 15.0. The van der Waals surface area contributed by atoms with Crippen LogP contribution in [0.5, 0.6) is 0 Å². The number of nitriles is 1. The maximum absolute atomic E-state index is 12.6. The van der Waals surface area contributed by atoms with Crippen molar-refractivity contribution < 1.29 is 18.3 Å². The normalized spacial score (nSPS) is 12.0. The van der Waals surface area contributed by atoms with E-state index in [0.29, 0.717) is 6.54 Å². The number of hydrogen-bond donors (Lipinski definition) is 2. The molecule has 0 atom stereocenters. The molecule has 0 aliphatic heterocycles. The molecule has 1 aromatic rings. The first kappa shape index (κ1) is 39.1. The zero-order valence-electron chi connectivity index (χ0n) is 26.0. The summed E-state index contributed by atoms with van der Waals surface area (Å²) in [5.74, 6) is -1.45. The number of rotatable bonds is 20. The molecule has 0 aliphatic rings. The molecule has 3 N–H and O–H groups in total. The summed E-state index contributed by atoms with van der Waals surface area (Å²) < 4.78 is 25.3. The summed E-state index contributed by atoms with van der Waals surface area (Å²) in [6, 6.07) is 9.45. The molecule has 1 aromatic carbocycles. The molecule has 43 heavy (non-hydrogen) atoms. The summed E-state index contributed by atoms with van der Waals surface area (Å²) in [4.78, 5) is 18.2. The minimum Gasteiger partial charge on any atom is -0.477 e. The van der Waals surface area contributed by atoms with Crippen molar-refractivity contribution in [2.45, 2.75) is 77.0 Å². The van der Waals surface area contributed by atoms with E-state index in [2.05, 4.69) is 23.6 Å². The van der Waals surface area contributed by atoms with E-state index in [0.717, 1.165) is 51.9 Å². The van der Waals surface area contributed by atoms with Crippen molar-refractivity contribution in [2.75, 3.05) is 32.7 Å². The van der Waals surface area contributed by atoms with Gasteiger partial charge >= 0.3 is 5.97 Å². The molecule has 1 rings (SSSR count). The number of carbonyl (C=O) groups is 1. The molecule has 0 amide bonds. The minimum atomic E-state index is -4.06. The number of allylic oxidation sites excluding steroid dienone is 5. The molecule has 0 aromatic heterocycles. The number of unbranched alkanes of at least 4 members (excludes halogenated alkanes) is 6. The zero-order chi connectivity index (χ0) is 32.3. The van der Waals surface area contributed by atoms with E-state index in [1.165, 1.54) is 50.0 Å². The first-order chi connectivity index (χ1) is 20.7. The number of nitrogens with two attached hydrogens (primary N) is 1. The van der Waals surface area contributed by atoms with Crippen LogP contribution in [-0.2, 0) is 14.6 Å². The van der Waals surface area contributed by atoms with Crippen molar-refractivity contribution in [3.8, 4) is 6.07 Å². The van der Waals surface area contributed by atoms with Gasteiger partial charge in [0.15, 0.2) is 4.91 Å². The lowest BCUT2D eigenvalue weighted by Crippen LogP contribution is -2.24. The van der Waals surface area contributed by atoms with E-state index in [1.54, 1.807) is 36.4 Å². The van der Waals surface area contributed by atoms with Gasteiger partial charge in [0.05, 0.1) is 17.5 Å². The van der Waals surface area contributed by atoms with Crippen LogP contribution < -0.4 is 5.73 Å². The maximum atomic E-state index is 12.6. The molecule has 0 unspecified atom stereocenters. The predicted octanol–water partition coefficient (Wildman–Crippen LogP) is 6.51. The maximum Gasteiger partial charge on any atom is 0.347 e. The van der Waals surface area contributed by atoms with Crippen LogP contribution in [0.25, 0.3) is 4.85 Å². The highest BCUT2D eigenvalue weighted by Crippen LogP contribution is 2.19. The van der Waals surface area contributed by atoms with Gasteiger partial charge in [-0.05, 0) is 62.5 Å². The highest BCUT2D eigenvalue weighted by atomic mass is 32.2. The van der Waals surface area contributed by atoms with Gasteiger partial charge in [-0.15, -0.1) is 0 Å². The molecule has 9 nitrogen and oxygen atoms in total. The number of hydrogen-bond acceptors (Lipinski definition) is 7. The fourth-order valence-corrected chi connectivity index (χ4v) is 5.12. The molecular formula is C33H49N5O4S. The Morgan fingerprint density at radius 3 is 1.95 bits per heavy atom. The van der Waals surface area contributed by atoms with Gasteiger partial charge in [0, 0.05) is 32.7 Å². The first-order valence-corrected chi connectivity index (χ1v) is 16.5. The van der Waals surface area contributed by atoms with Crippen molar-refractivity contribution >= 4 is 15.8 Å². The molecule has 0 aliphatic carbocycles. The largest absolute Gasteiger partial charge is 0.477 e.